The SMILES string of the molecule is CCCNC(=O)CN1CCN(C(=O)c2ccc(-n3ccnc3)c([N+](=O)[O-])c2)CC1. The number of carbonyl (C=O) groups excluding carboxylic acids is 2. The van der Waals surface area contributed by atoms with Crippen LogP contribution in [0.2, 0.25) is 0 Å². The van der Waals surface area contributed by atoms with Gasteiger partial charge in [0.2, 0.25) is 5.91 Å². The Kier molecular flexibility index (Phi) is 6.55. The molecule has 154 valence electrons. The van der Waals surface area contributed by atoms with E-state index in [4.69, 9.17) is 0 Å². The van der Waals surface area contributed by atoms with Crippen LogP contribution in [0.1, 0.15) is 23.7 Å². The Morgan fingerprint density at radius 2 is 2.00 bits per heavy atom. The van der Waals surface area contributed by atoms with Crippen LogP contribution in [0.25, 0.3) is 5.69 Å². The van der Waals surface area contributed by atoms with Crippen molar-refractivity contribution >= 4 is 17.5 Å². The standard InChI is InChI=1S/C19H24N6O4/c1-2-5-21-18(26)13-22-8-10-23(11-9-22)19(27)15-3-4-16(17(12-15)25(28)29)24-7-6-20-14-24/h3-4,6-7,12,14H,2,5,8-11,13H2,1H3,(H,21,26). The summed E-state index contributed by atoms with van der Waals surface area (Å²) in [6.07, 6.45) is 5.50. The molecule has 3 rings (SSSR count). The Balaban J connectivity index is 1.65. The number of benzene rings is 1. The van der Waals surface area contributed by atoms with Crippen LogP contribution in [0.3, 0.4) is 0 Å². The molecule has 0 aliphatic carbocycles. The molecule has 0 atom stereocenters. The number of nitrogens with one attached hydrogen (secondary N) is 1. The zero-order valence-electron chi connectivity index (χ0n) is 16.3. The van der Waals surface area contributed by atoms with Gasteiger partial charge in [-0.25, -0.2) is 4.98 Å². The zero-order chi connectivity index (χ0) is 20.8. The van der Waals surface area contributed by atoms with Crippen LogP contribution in [0, 0.1) is 10.1 Å². The van der Waals surface area contributed by atoms with Gasteiger partial charge in [0, 0.05) is 56.7 Å². The Labute approximate surface area is 168 Å². The fourth-order valence-electron chi connectivity index (χ4n) is 3.24. The van der Waals surface area contributed by atoms with Crippen molar-refractivity contribution in [1.29, 1.82) is 0 Å². The van der Waals surface area contributed by atoms with Gasteiger partial charge in [-0.3, -0.25) is 24.6 Å². The van der Waals surface area contributed by atoms with Crippen LogP contribution in [0.15, 0.2) is 36.9 Å². The van der Waals surface area contributed by atoms with E-state index >= 15 is 0 Å². The first-order valence-corrected chi connectivity index (χ1v) is 9.54. The summed E-state index contributed by atoms with van der Waals surface area (Å²) >= 11 is 0. The average molecular weight is 400 g/mol. The van der Waals surface area contributed by atoms with Crippen LogP contribution in [0.5, 0.6) is 0 Å². The summed E-state index contributed by atoms with van der Waals surface area (Å²) in [5.74, 6) is -0.266. The zero-order valence-corrected chi connectivity index (χ0v) is 16.3. The number of aromatic nitrogens is 2. The highest BCUT2D eigenvalue weighted by Crippen LogP contribution is 2.25. The summed E-state index contributed by atoms with van der Waals surface area (Å²) in [4.78, 5) is 43.2. The third-order valence-electron chi connectivity index (χ3n) is 4.80. The molecule has 0 radical (unpaired) electrons. The largest absolute Gasteiger partial charge is 0.355 e. The summed E-state index contributed by atoms with van der Waals surface area (Å²) in [5, 5.41) is 14.3. The average Bonchev–Trinajstić information content (AvgIpc) is 3.26. The number of imidazole rings is 1. The highest BCUT2D eigenvalue weighted by Gasteiger charge is 2.25. The molecule has 10 heteroatoms. The minimum absolute atomic E-state index is 0.0164. The molecule has 2 heterocycles. The van der Waals surface area contributed by atoms with E-state index in [1.807, 2.05) is 11.8 Å². The van der Waals surface area contributed by atoms with Gasteiger partial charge in [-0.2, -0.15) is 0 Å². The summed E-state index contributed by atoms with van der Waals surface area (Å²) < 4.78 is 1.54. The first-order chi connectivity index (χ1) is 14.0. The lowest BCUT2D eigenvalue weighted by Crippen LogP contribution is -2.51. The normalized spacial score (nSPS) is 14.6. The highest BCUT2D eigenvalue weighted by atomic mass is 16.6. The molecule has 10 nitrogen and oxygen atoms in total. The first-order valence-electron chi connectivity index (χ1n) is 9.54. The van der Waals surface area contributed by atoms with E-state index in [0.29, 0.717) is 45.0 Å². The van der Waals surface area contributed by atoms with Gasteiger partial charge in [0.25, 0.3) is 11.6 Å². The van der Waals surface area contributed by atoms with Gasteiger partial charge in [0.1, 0.15) is 5.69 Å². The van der Waals surface area contributed by atoms with E-state index in [2.05, 4.69) is 10.3 Å². The second kappa shape index (κ2) is 9.28. The molecular weight excluding hydrogens is 376 g/mol. The molecule has 1 aromatic carbocycles. The van der Waals surface area contributed by atoms with Crippen molar-refractivity contribution in [3.63, 3.8) is 0 Å². The summed E-state index contributed by atoms with van der Waals surface area (Å²) in [5.41, 5.74) is 0.474. The lowest BCUT2D eigenvalue weighted by Gasteiger charge is -2.34. The minimum atomic E-state index is -0.501. The Morgan fingerprint density at radius 1 is 1.24 bits per heavy atom. The minimum Gasteiger partial charge on any atom is -0.355 e. The molecule has 1 N–H and O–H groups in total. The second-order valence-corrected chi connectivity index (χ2v) is 6.85. The van der Waals surface area contributed by atoms with E-state index in [0.717, 1.165) is 6.42 Å². The molecule has 1 aliphatic rings. The van der Waals surface area contributed by atoms with Gasteiger partial charge in [-0.1, -0.05) is 6.92 Å². The molecule has 2 amide bonds. The number of nitro benzene ring substituents is 1. The number of nitro groups is 1. The number of piperazine rings is 1. The van der Waals surface area contributed by atoms with E-state index < -0.39 is 4.92 Å². The van der Waals surface area contributed by atoms with Crippen molar-refractivity contribution in [1.82, 2.24) is 24.7 Å². The molecule has 0 unspecified atom stereocenters. The fraction of sp³-hybridized carbons (Fsp3) is 0.421. The molecule has 1 aromatic heterocycles. The van der Waals surface area contributed by atoms with Crippen molar-refractivity contribution in [2.45, 2.75) is 13.3 Å². The number of rotatable bonds is 7. The van der Waals surface area contributed by atoms with E-state index in [9.17, 15) is 19.7 Å². The van der Waals surface area contributed by atoms with Gasteiger partial charge < -0.3 is 14.8 Å². The topological polar surface area (TPSA) is 114 Å². The lowest BCUT2D eigenvalue weighted by atomic mass is 10.1. The molecule has 1 saturated heterocycles. The number of hydrogen-bond donors (Lipinski definition) is 1. The fourth-order valence-corrected chi connectivity index (χ4v) is 3.24. The van der Waals surface area contributed by atoms with Crippen LogP contribution in [-0.2, 0) is 4.79 Å². The quantitative estimate of drug-likeness (QED) is 0.549. The monoisotopic (exact) mass is 400 g/mol. The lowest BCUT2D eigenvalue weighted by molar-refractivity contribution is -0.384. The van der Waals surface area contributed by atoms with Crippen LogP contribution >= 0.6 is 0 Å². The van der Waals surface area contributed by atoms with E-state index in [-0.39, 0.29) is 23.1 Å². The highest BCUT2D eigenvalue weighted by molar-refractivity contribution is 5.95. The van der Waals surface area contributed by atoms with Crippen LogP contribution < -0.4 is 5.32 Å². The maximum absolute atomic E-state index is 12.8. The van der Waals surface area contributed by atoms with Crippen LogP contribution in [0.4, 0.5) is 5.69 Å². The Bertz CT molecular complexity index is 875. The van der Waals surface area contributed by atoms with Crippen molar-refractivity contribution < 1.29 is 14.5 Å². The summed E-state index contributed by atoms with van der Waals surface area (Å²) in [6.45, 7) is 5.07. The Hall–Kier alpha value is -3.27. The molecule has 0 bridgehead atoms. The summed E-state index contributed by atoms with van der Waals surface area (Å²) in [6, 6.07) is 4.46. The number of carbonyl (C=O) groups is 2. The van der Waals surface area contributed by atoms with Gasteiger partial charge in [0.15, 0.2) is 0 Å². The van der Waals surface area contributed by atoms with Gasteiger partial charge in [-0.15, -0.1) is 0 Å². The molecule has 29 heavy (non-hydrogen) atoms. The Morgan fingerprint density at radius 3 is 2.62 bits per heavy atom. The van der Waals surface area contributed by atoms with Crippen molar-refractivity contribution in [2.24, 2.45) is 0 Å². The molecule has 0 spiro atoms. The third kappa shape index (κ3) is 4.96. The van der Waals surface area contributed by atoms with Crippen molar-refractivity contribution in [2.75, 3.05) is 39.3 Å². The second-order valence-electron chi connectivity index (χ2n) is 6.85. The smallest absolute Gasteiger partial charge is 0.294 e. The number of nitrogens with zero attached hydrogens (tertiary/aromatic N) is 5. The predicted molar refractivity (Wildman–Crippen MR) is 106 cm³/mol. The maximum Gasteiger partial charge on any atom is 0.294 e. The molecule has 1 aliphatic heterocycles. The van der Waals surface area contributed by atoms with Crippen molar-refractivity contribution in [3.8, 4) is 5.69 Å². The van der Waals surface area contributed by atoms with Gasteiger partial charge >= 0.3 is 0 Å². The molecule has 1 fully saturated rings. The maximum atomic E-state index is 12.8. The molecular formula is C19H24N6O4. The number of hydrogen-bond acceptors (Lipinski definition) is 6. The molecule has 0 saturated carbocycles. The van der Waals surface area contributed by atoms with Crippen LogP contribution in [-0.4, -0.2) is 75.4 Å². The first kappa shape index (κ1) is 20.5. The third-order valence-corrected chi connectivity index (χ3v) is 4.80. The van der Waals surface area contributed by atoms with Crippen molar-refractivity contribution in [3.05, 3.63) is 52.6 Å². The summed E-state index contributed by atoms with van der Waals surface area (Å²) in [7, 11) is 0. The number of amides is 2. The predicted octanol–water partition coefficient (Wildman–Crippen LogP) is 1.06. The van der Waals surface area contributed by atoms with Gasteiger partial charge in [-0.05, 0) is 18.6 Å². The molecule has 2 aromatic rings. The van der Waals surface area contributed by atoms with E-state index in [1.165, 1.54) is 23.2 Å². The van der Waals surface area contributed by atoms with E-state index in [1.54, 1.807) is 23.2 Å². The van der Waals surface area contributed by atoms with Gasteiger partial charge in [0.05, 0.1) is 17.8 Å².